The molecule has 1 aliphatic carbocycles. The molecule has 1 saturated carbocycles. The first-order valence-electron chi connectivity index (χ1n) is 8.31. The van der Waals surface area contributed by atoms with Crippen LogP contribution in [0.25, 0.3) is 0 Å². The van der Waals surface area contributed by atoms with Crippen molar-refractivity contribution >= 4 is 5.91 Å². The molecule has 114 valence electrons. The number of nitrogens with two attached hydrogens (primary N) is 1. The first kappa shape index (κ1) is 14.3. The Morgan fingerprint density at radius 1 is 1.25 bits per heavy atom. The van der Waals surface area contributed by atoms with Crippen LogP contribution in [0, 0.1) is 17.3 Å². The molecule has 3 atom stereocenters. The number of nitrogens with zero attached hydrogens (tertiary/aromatic N) is 1. The van der Waals surface area contributed by atoms with E-state index in [2.05, 4.69) is 4.90 Å². The highest BCUT2D eigenvalue weighted by Crippen LogP contribution is 2.39. The number of likely N-dealkylation sites (tertiary alicyclic amines) is 1. The molecule has 3 fully saturated rings. The molecule has 2 saturated heterocycles. The molecule has 3 rings (SSSR count). The Morgan fingerprint density at radius 3 is 2.85 bits per heavy atom. The average Bonchev–Trinajstić information content (AvgIpc) is 2.96. The molecule has 4 nitrogen and oxygen atoms in total. The molecule has 0 radical (unpaired) electrons. The molecule has 0 aromatic carbocycles. The number of carbonyl (C=O) groups excluding carboxylic acids is 1. The topological polar surface area (TPSA) is 55.6 Å². The molecule has 0 aromatic rings. The van der Waals surface area contributed by atoms with Crippen LogP contribution in [0.2, 0.25) is 0 Å². The molecule has 4 heteroatoms. The van der Waals surface area contributed by atoms with E-state index in [4.69, 9.17) is 10.5 Å². The third kappa shape index (κ3) is 2.73. The Labute approximate surface area is 122 Å². The van der Waals surface area contributed by atoms with Gasteiger partial charge in [-0.25, -0.2) is 0 Å². The molecule has 0 aromatic heterocycles. The molecule has 0 bridgehead atoms. The van der Waals surface area contributed by atoms with Gasteiger partial charge in [0.2, 0.25) is 5.91 Å². The Morgan fingerprint density at radius 2 is 2.10 bits per heavy atom. The van der Waals surface area contributed by atoms with Gasteiger partial charge in [-0.05, 0) is 51.0 Å². The standard InChI is InChI=1S/C16H28N2O2/c17-10-13-4-1-5-14(13)15(19)18-8-2-6-16(11-18)7-3-9-20-12-16/h13-14H,1-12,17H2/t13-,14-,16?/m1/s1. The van der Waals surface area contributed by atoms with Gasteiger partial charge < -0.3 is 15.4 Å². The monoisotopic (exact) mass is 280 g/mol. The number of hydrogen-bond acceptors (Lipinski definition) is 3. The summed E-state index contributed by atoms with van der Waals surface area (Å²) in [4.78, 5) is 15.0. The van der Waals surface area contributed by atoms with E-state index in [9.17, 15) is 4.79 Å². The summed E-state index contributed by atoms with van der Waals surface area (Å²) in [7, 11) is 0. The van der Waals surface area contributed by atoms with Crippen LogP contribution in [-0.4, -0.2) is 43.7 Å². The summed E-state index contributed by atoms with van der Waals surface area (Å²) in [5.41, 5.74) is 6.09. The largest absolute Gasteiger partial charge is 0.381 e. The maximum atomic E-state index is 12.8. The van der Waals surface area contributed by atoms with Crippen LogP contribution in [0.15, 0.2) is 0 Å². The summed E-state index contributed by atoms with van der Waals surface area (Å²) in [5, 5.41) is 0. The van der Waals surface area contributed by atoms with Gasteiger partial charge in [-0.15, -0.1) is 0 Å². The Hall–Kier alpha value is -0.610. The van der Waals surface area contributed by atoms with E-state index < -0.39 is 0 Å². The minimum Gasteiger partial charge on any atom is -0.381 e. The van der Waals surface area contributed by atoms with Crippen molar-refractivity contribution in [3.05, 3.63) is 0 Å². The number of ether oxygens (including phenoxy) is 1. The predicted molar refractivity (Wildman–Crippen MR) is 78.2 cm³/mol. The lowest BCUT2D eigenvalue weighted by Crippen LogP contribution is -2.51. The molecule has 20 heavy (non-hydrogen) atoms. The van der Waals surface area contributed by atoms with Gasteiger partial charge >= 0.3 is 0 Å². The van der Waals surface area contributed by atoms with Crippen LogP contribution in [0.3, 0.4) is 0 Å². The number of rotatable bonds is 2. The minimum atomic E-state index is 0.194. The van der Waals surface area contributed by atoms with Crippen LogP contribution >= 0.6 is 0 Å². The molecular weight excluding hydrogens is 252 g/mol. The van der Waals surface area contributed by atoms with Gasteiger partial charge in [0.15, 0.2) is 0 Å². The second-order valence-corrected chi connectivity index (χ2v) is 7.05. The maximum absolute atomic E-state index is 12.8. The Kier molecular flexibility index (Phi) is 4.32. The second-order valence-electron chi connectivity index (χ2n) is 7.05. The quantitative estimate of drug-likeness (QED) is 0.839. The van der Waals surface area contributed by atoms with Crippen molar-refractivity contribution in [3.8, 4) is 0 Å². The summed E-state index contributed by atoms with van der Waals surface area (Å²) >= 11 is 0. The van der Waals surface area contributed by atoms with Crippen LogP contribution < -0.4 is 5.73 Å². The Bertz CT molecular complexity index is 347. The molecule has 3 aliphatic rings. The molecule has 1 spiro atoms. The van der Waals surface area contributed by atoms with Crippen molar-refractivity contribution in [2.45, 2.75) is 44.9 Å². The summed E-state index contributed by atoms with van der Waals surface area (Å²) in [5.74, 6) is 0.991. The first-order chi connectivity index (χ1) is 9.74. The number of hydrogen-bond donors (Lipinski definition) is 1. The molecule has 2 heterocycles. The summed E-state index contributed by atoms with van der Waals surface area (Å²) in [6.07, 6.45) is 8.07. The van der Waals surface area contributed by atoms with E-state index >= 15 is 0 Å². The van der Waals surface area contributed by atoms with Gasteiger partial charge in [0.05, 0.1) is 6.61 Å². The van der Waals surface area contributed by atoms with Crippen molar-refractivity contribution in [3.63, 3.8) is 0 Å². The van der Waals surface area contributed by atoms with Gasteiger partial charge in [-0.3, -0.25) is 4.79 Å². The average molecular weight is 280 g/mol. The Balaban J connectivity index is 1.65. The van der Waals surface area contributed by atoms with Gasteiger partial charge in [0.1, 0.15) is 0 Å². The lowest BCUT2D eigenvalue weighted by molar-refractivity contribution is -0.143. The van der Waals surface area contributed by atoms with Gasteiger partial charge in [0.25, 0.3) is 0 Å². The van der Waals surface area contributed by atoms with E-state index in [1.807, 2.05) is 0 Å². The fourth-order valence-corrected chi connectivity index (χ4v) is 4.51. The number of amides is 1. The van der Waals surface area contributed by atoms with Crippen molar-refractivity contribution in [1.82, 2.24) is 4.90 Å². The fraction of sp³-hybridized carbons (Fsp3) is 0.938. The third-order valence-electron chi connectivity index (χ3n) is 5.66. The fourth-order valence-electron chi connectivity index (χ4n) is 4.51. The minimum absolute atomic E-state index is 0.194. The van der Waals surface area contributed by atoms with Crippen molar-refractivity contribution in [1.29, 1.82) is 0 Å². The lowest BCUT2D eigenvalue weighted by Gasteiger charge is -2.45. The SMILES string of the molecule is NC[C@H]1CCC[C@H]1C(=O)N1CCCC2(CCCOC2)C1. The van der Waals surface area contributed by atoms with E-state index in [-0.39, 0.29) is 11.3 Å². The zero-order valence-corrected chi connectivity index (χ0v) is 12.5. The highest BCUT2D eigenvalue weighted by atomic mass is 16.5. The molecule has 2 aliphatic heterocycles. The first-order valence-corrected chi connectivity index (χ1v) is 8.31. The summed E-state index contributed by atoms with van der Waals surface area (Å²) in [6.45, 7) is 4.27. The third-order valence-corrected chi connectivity index (χ3v) is 5.66. The zero-order chi connectivity index (χ0) is 14.0. The van der Waals surface area contributed by atoms with E-state index in [0.717, 1.165) is 52.0 Å². The molecule has 1 unspecified atom stereocenters. The van der Waals surface area contributed by atoms with E-state index in [1.54, 1.807) is 0 Å². The maximum Gasteiger partial charge on any atom is 0.226 e. The molecular formula is C16H28N2O2. The number of piperidine rings is 1. The van der Waals surface area contributed by atoms with Gasteiger partial charge in [-0.2, -0.15) is 0 Å². The zero-order valence-electron chi connectivity index (χ0n) is 12.5. The molecule has 2 N–H and O–H groups in total. The summed E-state index contributed by atoms with van der Waals surface area (Å²) in [6, 6.07) is 0. The number of carbonyl (C=O) groups is 1. The van der Waals surface area contributed by atoms with E-state index in [0.29, 0.717) is 18.4 Å². The normalized spacial score (nSPS) is 38.4. The molecule has 1 amide bonds. The lowest BCUT2D eigenvalue weighted by atomic mass is 9.75. The van der Waals surface area contributed by atoms with Crippen molar-refractivity contribution in [2.75, 3.05) is 32.8 Å². The smallest absolute Gasteiger partial charge is 0.226 e. The highest BCUT2D eigenvalue weighted by Gasteiger charge is 2.42. The van der Waals surface area contributed by atoms with Crippen LogP contribution in [0.5, 0.6) is 0 Å². The van der Waals surface area contributed by atoms with E-state index in [1.165, 1.54) is 19.3 Å². The van der Waals surface area contributed by atoms with Crippen molar-refractivity contribution in [2.24, 2.45) is 23.0 Å². The van der Waals surface area contributed by atoms with Gasteiger partial charge in [0, 0.05) is 31.0 Å². The second kappa shape index (κ2) is 6.02. The predicted octanol–water partition coefficient (Wildman–Crippen LogP) is 1.78. The van der Waals surface area contributed by atoms with Gasteiger partial charge in [-0.1, -0.05) is 6.42 Å². The van der Waals surface area contributed by atoms with Crippen molar-refractivity contribution < 1.29 is 9.53 Å². The summed E-state index contributed by atoms with van der Waals surface area (Å²) < 4.78 is 5.70. The van der Waals surface area contributed by atoms with Crippen LogP contribution in [-0.2, 0) is 9.53 Å². The van der Waals surface area contributed by atoms with Crippen LogP contribution in [0.4, 0.5) is 0 Å². The highest BCUT2D eigenvalue weighted by molar-refractivity contribution is 5.79. The van der Waals surface area contributed by atoms with Crippen LogP contribution in [0.1, 0.15) is 44.9 Å².